The van der Waals surface area contributed by atoms with Gasteiger partial charge in [-0.1, -0.05) is 30.2 Å². The van der Waals surface area contributed by atoms with Gasteiger partial charge < -0.3 is 0 Å². The van der Waals surface area contributed by atoms with Crippen molar-refractivity contribution in [3.63, 3.8) is 0 Å². The lowest BCUT2D eigenvalue weighted by Gasteiger charge is -2.02. The average molecular weight is 179 g/mol. The van der Waals surface area contributed by atoms with Gasteiger partial charge in [-0.2, -0.15) is 0 Å². The third-order valence-electron chi connectivity index (χ3n) is 2.06. The molecule has 0 bridgehead atoms. The van der Waals surface area contributed by atoms with E-state index in [2.05, 4.69) is 10.9 Å². The van der Waals surface area contributed by atoms with E-state index in [-0.39, 0.29) is 0 Å². The molecule has 1 heterocycles. The van der Waals surface area contributed by atoms with Crippen LogP contribution in [-0.4, -0.2) is 4.98 Å². The Morgan fingerprint density at radius 1 is 1.07 bits per heavy atom. The smallest absolute Gasteiger partial charge is 0.0346 e. The molecule has 14 heavy (non-hydrogen) atoms. The van der Waals surface area contributed by atoms with Gasteiger partial charge in [-0.3, -0.25) is 4.98 Å². The third kappa shape index (κ3) is 1.51. The minimum atomic E-state index is 0.903. The van der Waals surface area contributed by atoms with Crippen LogP contribution in [0.15, 0.2) is 48.8 Å². The summed E-state index contributed by atoms with van der Waals surface area (Å²) in [4.78, 5) is 4.07. The molecule has 0 spiro atoms. The first-order valence-corrected chi connectivity index (χ1v) is 4.38. The van der Waals surface area contributed by atoms with E-state index < -0.39 is 0 Å². The van der Waals surface area contributed by atoms with Crippen LogP contribution in [0.25, 0.3) is 11.1 Å². The highest BCUT2D eigenvalue weighted by Gasteiger charge is 2.00. The molecule has 66 valence electrons. The fourth-order valence-electron chi connectivity index (χ4n) is 1.38. The average Bonchev–Trinajstić information content (AvgIpc) is 2.30. The van der Waals surface area contributed by atoms with Gasteiger partial charge in [0.25, 0.3) is 0 Å². The summed E-state index contributed by atoms with van der Waals surface area (Å²) in [5, 5.41) is 0. The van der Waals surface area contributed by atoms with Crippen LogP contribution in [-0.2, 0) is 0 Å². The quantitative estimate of drug-likeness (QED) is 0.613. The monoisotopic (exact) mass is 179 g/mol. The molecule has 1 nitrogen and oxygen atoms in total. The minimum Gasteiger partial charge on any atom is -0.264 e. The Hall–Kier alpha value is -2.07. The Morgan fingerprint density at radius 2 is 1.93 bits per heavy atom. The Balaban J connectivity index is 2.58. The zero-order chi connectivity index (χ0) is 9.80. The first kappa shape index (κ1) is 8.52. The maximum Gasteiger partial charge on any atom is 0.0346 e. The molecule has 0 aliphatic rings. The van der Waals surface area contributed by atoms with Crippen LogP contribution in [0.4, 0.5) is 0 Å². The lowest BCUT2D eigenvalue weighted by atomic mass is 10.0. The lowest BCUT2D eigenvalue weighted by Crippen LogP contribution is -1.83. The molecule has 0 atom stereocenters. The molecule has 0 unspecified atom stereocenters. The Kier molecular flexibility index (Phi) is 2.29. The van der Waals surface area contributed by atoms with Gasteiger partial charge in [0.05, 0.1) is 0 Å². The van der Waals surface area contributed by atoms with Crippen LogP contribution in [0.2, 0.25) is 0 Å². The van der Waals surface area contributed by atoms with Crippen molar-refractivity contribution in [1.29, 1.82) is 0 Å². The predicted molar refractivity (Wildman–Crippen MR) is 57.6 cm³/mol. The number of aromatic nitrogens is 1. The molecular formula is C13H9N. The number of hydrogen-bond acceptors (Lipinski definition) is 1. The maximum atomic E-state index is 5.42. The number of nitrogens with zero attached hydrogens (tertiary/aromatic N) is 1. The van der Waals surface area contributed by atoms with Crippen molar-refractivity contribution in [3.05, 3.63) is 54.4 Å². The van der Waals surface area contributed by atoms with Crippen molar-refractivity contribution in [2.45, 2.75) is 0 Å². The molecule has 0 saturated heterocycles. The largest absolute Gasteiger partial charge is 0.264 e. The zero-order valence-corrected chi connectivity index (χ0v) is 7.64. The summed E-state index contributed by atoms with van der Waals surface area (Å²) in [6.07, 6.45) is 8.99. The molecule has 0 fully saturated rings. The Bertz CT molecular complexity index is 466. The van der Waals surface area contributed by atoms with Gasteiger partial charge in [-0.05, 0) is 17.7 Å². The summed E-state index contributed by atoms with van der Waals surface area (Å²) < 4.78 is 0. The molecule has 0 saturated carbocycles. The van der Waals surface area contributed by atoms with E-state index in [0.717, 1.165) is 16.7 Å². The summed E-state index contributed by atoms with van der Waals surface area (Å²) in [5.74, 6) is 2.67. The predicted octanol–water partition coefficient (Wildman–Crippen LogP) is 2.73. The first-order valence-electron chi connectivity index (χ1n) is 4.38. The fraction of sp³-hybridized carbons (Fsp3) is 0. The topological polar surface area (TPSA) is 12.9 Å². The molecule has 0 amide bonds. The summed E-state index contributed by atoms with van der Waals surface area (Å²) in [5.41, 5.74) is 3.02. The van der Waals surface area contributed by atoms with Crippen LogP contribution in [0.3, 0.4) is 0 Å². The van der Waals surface area contributed by atoms with Gasteiger partial charge in [0, 0.05) is 23.5 Å². The van der Waals surface area contributed by atoms with Crippen LogP contribution in [0.5, 0.6) is 0 Å². The fourth-order valence-corrected chi connectivity index (χ4v) is 1.38. The van der Waals surface area contributed by atoms with Crippen LogP contribution < -0.4 is 0 Å². The van der Waals surface area contributed by atoms with Gasteiger partial charge in [0.1, 0.15) is 0 Å². The van der Waals surface area contributed by atoms with Crippen LogP contribution >= 0.6 is 0 Å². The van der Waals surface area contributed by atoms with Gasteiger partial charge in [-0.25, -0.2) is 0 Å². The summed E-state index contributed by atoms with van der Waals surface area (Å²) >= 11 is 0. The second-order valence-corrected chi connectivity index (χ2v) is 2.93. The lowest BCUT2D eigenvalue weighted by molar-refractivity contribution is 1.33. The molecule has 0 radical (unpaired) electrons. The highest BCUT2D eigenvalue weighted by Crippen LogP contribution is 2.21. The van der Waals surface area contributed by atoms with E-state index in [1.54, 1.807) is 6.20 Å². The number of benzene rings is 1. The van der Waals surface area contributed by atoms with E-state index in [4.69, 9.17) is 6.42 Å². The van der Waals surface area contributed by atoms with E-state index in [1.807, 2.05) is 42.6 Å². The second kappa shape index (κ2) is 3.76. The van der Waals surface area contributed by atoms with E-state index in [0.29, 0.717) is 0 Å². The van der Waals surface area contributed by atoms with Crippen molar-refractivity contribution in [1.82, 2.24) is 4.98 Å². The molecular weight excluding hydrogens is 170 g/mol. The second-order valence-electron chi connectivity index (χ2n) is 2.93. The molecule has 1 heteroatoms. The number of hydrogen-bond donors (Lipinski definition) is 0. The molecule has 0 N–H and O–H groups in total. The highest BCUT2D eigenvalue weighted by molar-refractivity contribution is 5.69. The number of pyridine rings is 1. The van der Waals surface area contributed by atoms with Gasteiger partial charge in [-0.15, -0.1) is 6.42 Å². The third-order valence-corrected chi connectivity index (χ3v) is 2.06. The van der Waals surface area contributed by atoms with E-state index >= 15 is 0 Å². The number of terminal acetylenes is 1. The summed E-state index contributed by atoms with van der Waals surface area (Å²) in [6.45, 7) is 0. The van der Waals surface area contributed by atoms with Crippen molar-refractivity contribution in [2.24, 2.45) is 0 Å². The van der Waals surface area contributed by atoms with Gasteiger partial charge >= 0.3 is 0 Å². The van der Waals surface area contributed by atoms with Crippen molar-refractivity contribution in [3.8, 4) is 23.5 Å². The molecule has 1 aromatic carbocycles. The minimum absolute atomic E-state index is 0.903. The van der Waals surface area contributed by atoms with E-state index in [1.165, 1.54) is 0 Å². The van der Waals surface area contributed by atoms with Crippen molar-refractivity contribution >= 4 is 0 Å². The normalized spacial score (nSPS) is 9.36. The molecule has 0 aliphatic heterocycles. The zero-order valence-electron chi connectivity index (χ0n) is 7.64. The Labute approximate surface area is 83.4 Å². The summed E-state index contributed by atoms with van der Waals surface area (Å²) in [7, 11) is 0. The van der Waals surface area contributed by atoms with Crippen LogP contribution in [0, 0.1) is 12.3 Å². The van der Waals surface area contributed by atoms with E-state index in [9.17, 15) is 0 Å². The molecule has 1 aromatic heterocycles. The van der Waals surface area contributed by atoms with Crippen LogP contribution in [0.1, 0.15) is 5.56 Å². The highest BCUT2D eigenvalue weighted by atomic mass is 14.6. The SMILES string of the molecule is C#Cc1ccccc1-c1cccnc1. The standard InChI is InChI=1S/C13H9N/c1-2-11-6-3-4-8-13(11)12-7-5-9-14-10-12/h1,3-10H. The van der Waals surface area contributed by atoms with Gasteiger partial charge in [0.2, 0.25) is 0 Å². The molecule has 2 aromatic rings. The molecule has 2 rings (SSSR count). The molecule has 0 aliphatic carbocycles. The van der Waals surface area contributed by atoms with Crippen molar-refractivity contribution < 1.29 is 0 Å². The maximum absolute atomic E-state index is 5.42. The summed E-state index contributed by atoms with van der Waals surface area (Å²) in [6, 6.07) is 11.8. The van der Waals surface area contributed by atoms with Gasteiger partial charge in [0.15, 0.2) is 0 Å². The first-order chi connectivity index (χ1) is 6.92. The Morgan fingerprint density at radius 3 is 2.64 bits per heavy atom. The van der Waals surface area contributed by atoms with Crippen molar-refractivity contribution in [2.75, 3.05) is 0 Å². The number of rotatable bonds is 1.